The number of nitrogens with one attached hydrogen (secondary N) is 2. The second-order valence-corrected chi connectivity index (χ2v) is 6.12. The first kappa shape index (κ1) is 16.2. The van der Waals surface area contributed by atoms with E-state index in [-0.39, 0.29) is 6.54 Å². The van der Waals surface area contributed by atoms with E-state index in [0.717, 1.165) is 4.88 Å². The summed E-state index contributed by atoms with van der Waals surface area (Å²) >= 11 is 1.51. The Balaban J connectivity index is 1.82. The highest BCUT2D eigenvalue weighted by atomic mass is 32.1. The van der Waals surface area contributed by atoms with E-state index in [9.17, 15) is 14.7 Å². The van der Waals surface area contributed by atoms with Gasteiger partial charge in [-0.25, -0.2) is 0 Å². The van der Waals surface area contributed by atoms with Crippen LogP contribution in [0.5, 0.6) is 0 Å². The summed E-state index contributed by atoms with van der Waals surface area (Å²) in [4.78, 5) is 24.4. The molecule has 0 aliphatic heterocycles. The molecule has 0 spiro atoms. The summed E-state index contributed by atoms with van der Waals surface area (Å²) in [5.41, 5.74) is -0.556. The Morgan fingerprint density at radius 2 is 1.77 bits per heavy atom. The van der Waals surface area contributed by atoms with Gasteiger partial charge >= 0.3 is 11.8 Å². The zero-order valence-corrected chi connectivity index (χ0v) is 13.0. The largest absolute Gasteiger partial charge is 0.384 e. The van der Waals surface area contributed by atoms with Crippen molar-refractivity contribution in [1.82, 2.24) is 10.6 Å². The highest BCUT2D eigenvalue weighted by Crippen LogP contribution is 2.18. The van der Waals surface area contributed by atoms with Crippen LogP contribution >= 0.6 is 11.3 Å². The number of carbonyl (C=O) groups is 2. The summed E-state index contributed by atoms with van der Waals surface area (Å²) in [6.07, 6.45) is 0. The standard InChI is InChI=1S/C16H18N2O3S/c1-16(21,12-6-3-2-4-7-12)11-18-15(20)14(19)17-10-13-8-5-9-22-13/h2-9,21H,10-11H2,1H3,(H,17,19)(H,18,20). The predicted molar refractivity (Wildman–Crippen MR) is 85.2 cm³/mol. The lowest BCUT2D eigenvalue weighted by Crippen LogP contribution is -2.45. The number of amides is 2. The van der Waals surface area contributed by atoms with E-state index >= 15 is 0 Å². The summed E-state index contributed by atoms with van der Waals surface area (Å²) in [5, 5.41) is 17.2. The molecule has 0 radical (unpaired) electrons. The van der Waals surface area contributed by atoms with Crippen molar-refractivity contribution in [2.45, 2.75) is 19.1 Å². The molecule has 3 N–H and O–H groups in total. The van der Waals surface area contributed by atoms with Crippen molar-refractivity contribution in [2.24, 2.45) is 0 Å². The Morgan fingerprint density at radius 1 is 1.09 bits per heavy atom. The first-order valence-electron chi connectivity index (χ1n) is 6.85. The minimum atomic E-state index is -1.23. The molecule has 1 aromatic heterocycles. The van der Waals surface area contributed by atoms with E-state index in [1.807, 2.05) is 23.6 Å². The van der Waals surface area contributed by atoms with E-state index in [4.69, 9.17) is 0 Å². The average Bonchev–Trinajstić information content (AvgIpc) is 3.04. The minimum Gasteiger partial charge on any atom is -0.384 e. The number of carbonyl (C=O) groups excluding carboxylic acids is 2. The van der Waals surface area contributed by atoms with Crippen LogP contribution in [0.2, 0.25) is 0 Å². The monoisotopic (exact) mass is 318 g/mol. The molecule has 0 aliphatic carbocycles. The maximum Gasteiger partial charge on any atom is 0.309 e. The van der Waals surface area contributed by atoms with Crippen molar-refractivity contribution in [2.75, 3.05) is 6.54 Å². The van der Waals surface area contributed by atoms with Gasteiger partial charge in [-0.15, -0.1) is 11.3 Å². The summed E-state index contributed by atoms with van der Waals surface area (Å²) < 4.78 is 0. The molecule has 0 saturated heterocycles. The van der Waals surface area contributed by atoms with Crippen LogP contribution in [0.4, 0.5) is 0 Å². The van der Waals surface area contributed by atoms with Gasteiger partial charge in [0.1, 0.15) is 5.60 Å². The molecular formula is C16H18N2O3S. The van der Waals surface area contributed by atoms with Gasteiger partial charge in [-0.05, 0) is 23.9 Å². The third-order valence-electron chi connectivity index (χ3n) is 3.20. The Bertz CT molecular complexity index is 624. The average molecular weight is 318 g/mol. The van der Waals surface area contributed by atoms with Crippen LogP contribution in [-0.2, 0) is 21.7 Å². The number of benzene rings is 1. The van der Waals surface area contributed by atoms with Crippen molar-refractivity contribution >= 4 is 23.2 Å². The molecule has 6 heteroatoms. The molecule has 5 nitrogen and oxygen atoms in total. The highest BCUT2D eigenvalue weighted by Gasteiger charge is 2.25. The topological polar surface area (TPSA) is 78.4 Å². The summed E-state index contributed by atoms with van der Waals surface area (Å²) in [7, 11) is 0. The molecule has 2 rings (SSSR count). The van der Waals surface area contributed by atoms with Crippen LogP contribution in [0.25, 0.3) is 0 Å². The van der Waals surface area contributed by atoms with Crippen molar-refractivity contribution in [3.63, 3.8) is 0 Å². The van der Waals surface area contributed by atoms with Crippen molar-refractivity contribution in [3.05, 3.63) is 58.3 Å². The van der Waals surface area contributed by atoms with Gasteiger partial charge in [0.2, 0.25) is 0 Å². The molecule has 22 heavy (non-hydrogen) atoms. The van der Waals surface area contributed by atoms with Gasteiger partial charge in [-0.2, -0.15) is 0 Å². The second-order valence-electron chi connectivity index (χ2n) is 5.08. The van der Waals surface area contributed by atoms with Crippen LogP contribution in [0.1, 0.15) is 17.4 Å². The van der Waals surface area contributed by atoms with Gasteiger partial charge in [0.05, 0.1) is 13.1 Å². The maximum atomic E-state index is 11.7. The number of hydrogen-bond donors (Lipinski definition) is 3. The first-order valence-corrected chi connectivity index (χ1v) is 7.73. The summed E-state index contributed by atoms with van der Waals surface area (Å²) in [6.45, 7) is 1.87. The third kappa shape index (κ3) is 4.41. The van der Waals surface area contributed by atoms with E-state index < -0.39 is 17.4 Å². The molecule has 2 aromatic rings. The SMILES string of the molecule is CC(O)(CNC(=O)C(=O)NCc1cccs1)c1ccccc1. The van der Waals surface area contributed by atoms with Gasteiger partial charge in [-0.1, -0.05) is 36.4 Å². The Morgan fingerprint density at radius 3 is 2.41 bits per heavy atom. The minimum absolute atomic E-state index is 0.0394. The van der Waals surface area contributed by atoms with Crippen molar-refractivity contribution in [3.8, 4) is 0 Å². The number of aliphatic hydroxyl groups is 1. The van der Waals surface area contributed by atoms with E-state index in [1.54, 1.807) is 31.2 Å². The van der Waals surface area contributed by atoms with E-state index in [2.05, 4.69) is 10.6 Å². The zero-order chi connectivity index (χ0) is 16.0. The van der Waals surface area contributed by atoms with Crippen LogP contribution in [0.15, 0.2) is 47.8 Å². The molecular weight excluding hydrogens is 300 g/mol. The molecule has 116 valence electrons. The van der Waals surface area contributed by atoms with Gasteiger partial charge in [0.15, 0.2) is 0 Å². The molecule has 1 heterocycles. The number of hydrogen-bond acceptors (Lipinski definition) is 4. The molecule has 1 unspecified atom stereocenters. The number of rotatable bonds is 5. The fourth-order valence-corrected chi connectivity index (χ4v) is 2.54. The van der Waals surface area contributed by atoms with E-state index in [0.29, 0.717) is 12.1 Å². The zero-order valence-electron chi connectivity index (χ0n) is 12.2. The lowest BCUT2D eigenvalue weighted by molar-refractivity contribution is -0.139. The van der Waals surface area contributed by atoms with Crippen LogP contribution in [0.3, 0.4) is 0 Å². The lowest BCUT2D eigenvalue weighted by atomic mass is 9.96. The molecule has 1 atom stereocenters. The van der Waals surface area contributed by atoms with Gasteiger partial charge in [0, 0.05) is 4.88 Å². The van der Waals surface area contributed by atoms with Crippen LogP contribution < -0.4 is 10.6 Å². The Hall–Kier alpha value is -2.18. The quantitative estimate of drug-likeness (QED) is 0.729. The maximum absolute atomic E-state index is 11.7. The molecule has 2 amide bonds. The predicted octanol–water partition coefficient (Wildman–Crippen LogP) is 1.39. The molecule has 0 saturated carbocycles. The second kappa shape index (κ2) is 7.20. The Labute approximate surface area is 133 Å². The number of thiophene rings is 1. The third-order valence-corrected chi connectivity index (χ3v) is 4.07. The fourth-order valence-electron chi connectivity index (χ4n) is 1.89. The van der Waals surface area contributed by atoms with Crippen LogP contribution in [0, 0.1) is 0 Å². The molecule has 1 aromatic carbocycles. The van der Waals surface area contributed by atoms with E-state index in [1.165, 1.54) is 11.3 Å². The van der Waals surface area contributed by atoms with Crippen molar-refractivity contribution in [1.29, 1.82) is 0 Å². The van der Waals surface area contributed by atoms with Crippen LogP contribution in [-0.4, -0.2) is 23.5 Å². The highest BCUT2D eigenvalue weighted by molar-refractivity contribution is 7.09. The van der Waals surface area contributed by atoms with Gasteiger partial charge in [-0.3, -0.25) is 9.59 Å². The molecule has 0 bridgehead atoms. The first-order chi connectivity index (χ1) is 10.5. The van der Waals surface area contributed by atoms with Gasteiger partial charge < -0.3 is 15.7 Å². The normalized spacial score (nSPS) is 13.2. The molecule has 0 aliphatic rings. The summed E-state index contributed by atoms with van der Waals surface area (Å²) in [5.74, 6) is -1.47. The molecule has 0 fully saturated rings. The lowest BCUT2D eigenvalue weighted by Gasteiger charge is -2.24. The van der Waals surface area contributed by atoms with Crippen molar-refractivity contribution < 1.29 is 14.7 Å². The summed E-state index contributed by atoms with van der Waals surface area (Å²) in [6, 6.07) is 12.7. The van der Waals surface area contributed by atoms with Gasteiger partial charge in [0.25, 0.3) is 0 Å². The smallest absolute Gasteiger partial charge is 0.309 e. The fraction of sp³-hybridized carbons (Fsp3) is 0.250. The Kier molecular flexibility index (Phi) is 5.30.